The zero-order valence-electron chi connectivity index (χ0n) is 5.47. The van der Waals surface area contributed by atoms with Crippen LogP contribution in [0, 0.1) is 0 Å². The van der Waals surface area contributed by atoms with Gasteiger partial charge in [0, 0.05) is 6.20 Å². The van der Waals surface area contributed by atoms with Crippen molar-refractivity contribution in [1.82, 2.24) is 9.65 Å². The third-order valence-electron chi connectivity index (χ3n) is 1.09. The maximum Gasteiger partial charge on any atom is 0.435 e. The van der Waals surface area contributed by atoms with Gasteiger partial charge in [-0.05, 0) is 6.07 Å². The van der Waals surface area contributed by atoms with Crippen LogP contribution in [0.1, 0.15) is 5.69 Å². The van der Waals surface area contributed by atoms with Crippen LogP contribution in [0.5, 0.6) is 0 Å². The fraction of sp³-hybridized carbons (Fsp3) is 0. The van der Waals surface area contributed by atoms with Crippen LogP contribution in [0.15, 0.2) is 12.3 Å². The molecule has 0 saturated carbocycles. The first-order chi connectivity index (χ1) is 5.24. The van der Waals surface area contributed by atoms with Crippen molar-refractivity contribution in [2.24, 2.45) is 5.73 Å². The van der Waals surface area contributed by atoms with Gasteiger partial charge < -0.3 is 4.98 Å². The van der Waals surface area contributed by atoms with Crippen LogP contribution in [-0.2, 0) is 4.79 Å². The van der Waals surface area contributed by atoms with Crippen molar-refractivity contribution in [2.75, 3.05) is 0 Å². The molecule has 0 aliphatic heterocycles. The Kier molecular flexibility index (Phi) is 2.14. The predicted molar refractivity (Wildman–Crippen MR) is 41.9 cm³/mol. The maximum atomic E-state index is 9.76. The molecule has 5 heteroatoms. The Morgan fingerprint density at radius 2 is 2.55 bits per heavy atom. The summed E-state index contributed by atoms with van der Waals surface area (Å²) in [7, 11) is 0. The second kappa shape index (κ2) is 3.08. The minimum atomic E-state index is 0.0758. The van der Waals surface area contributed by atoms with Crippen molar-refractivity contribution in [2.45, 2.75) is 0 Å². The molecule has 0 amide bonds. The summed E-state index contributed by atoms with van der Waals surface area (Å²) in [5.74, 6) is 0.0758. The largest absolute Gasteiger partial charge is 0.435 e. The summed E-state index contributed by atoms with van der Waals surface area (Å²) >= 11 is 5.56. The number of nitrogens with two attached hydrogens (primary N) is 1. The number of aromatic nitrogens is 1. The first-order valence-electron chi connectivity index (χ1n) is 2.78. The van der Waals surface area contributed by atoms with Crippen molar-refractivity contribution < 1.29 is 4.79 Å². The summed E-state index contributed by atoms with van der Waals surface area (Å²) < 4.78 is 3.21. The Bertz CT molecular complexity index is 344. The van der Waals surface area contributed by atoms with Crippen molar-refractivity contribution in [3.8, 4) is 0 Å². The number of rotatable bonds is 1. The van der Waals surface area contributed by atoms with Crippen molar-refractivity contribution in [3.05, 3.63) is 23.0 Å². The highest BCUT2D eigenvalue weighted by Crippen LogP contribution is 2.07. The standard InChI is InChI=1S/C6H4ClN3O/c7-4-1-5(9-2-4)6(8)10-3-11/h1-2H,(H2,8,9)/p+1. The van der Waals surface area contributed by atoms with Crippen LogP contribution in [0.2, 0.25) is 5.02 Å². The molecule has 0 aliphatic rings. The van der Waals surface area contributed by atoms with Crippen molar-refractivity contribution in [1.29, 1.82) is 0 Å². The normalized spacial score (nSPS) is 8.45. The minimum Gasteiger partial charge on any atom is -0.352 e. The minimum absolute atomic E-state index is 0.0758. The van der Waals surface area contributed by atoms with Gasteiger partial charge in [-0.2, -0.15) is 4.79 Å². The molecule has 0 fully saturated rings. The zero-order valence-corrected chi connectivity index (χ0v) is 6.22. The molecule has 0 bridgehead atoms. The van der Waals surface area contributed by atoms with Crippen LogP contribution in [-0.4, -0.2) is 16.9 Å². The van der Waals surface area contributed by atoms with E-state index >= 15 is 0 Å². The smallest absolute Gasteiger partial charge is 0.352 e. The predicted octanol–water partition coefficient (Wildman–Crippen LogP) is -0.224. The first-order valence-corrected chi connectivity index (χ1v) is 3.16. The van der Waals surface area contributed by atoms with Crippen molar-refractivity contribution >= 4 is 23.5 Å². The molecule has 1 aromatic rings. The molecule has 11 heavy (non-hydrogen) atoms. The molecule has 0 radical (unpaired) electrons. The molecule has 0 aliphatic carbocycles. The summed E-state index contributed by atoms with van der Waals surface area (Å²) in [4.78, 5) is 12.5. The molecule has 3 N–H and O–H groups in total. The molecule has 0 saturated heterocycles. The quantitative estimate of drug-likeness (QED) is 0.265. The topological polar surface area (TPSA) is 73.0 Å². The number of hydrogen-bond donors (Lipinski definition) is 2. The monoisotopic (exact) mass is 170 g/mol. The Morgan fingerprint density at radius 3 is 3.00 bits per heavy atom. The second-order valence-electron chi connectivity index (χ2n) is 1.82. The fourth-order valence-electron chi connectivity index (χ4n) is 0.625. The molecule has 0 unspecified atom stereocenters. The molecule has 1 heterocycles. The van der Waals surface area contributed by atoms with E-state index in [0.717, 1.165) is 0 Å². The lowest BCUT2D eigenvalue weighted by atomic mass is 10.4. The highest BCUT2D eigenvalue weighted by atomic mass is 35.5. The van der Waals surface area contributed by atoms with Gasteiger partial charge in [0.2, 0.25) is 0 Å². The van der Waals surface area contributed by atoms with Gasteiger partial charge in [-0.3, -0.25) is 5.73 Å². The second-order valence-corrected chi connectivity index (χ2v) is 2.26. The molecule has 0 atom stereocenters. The van der Waals surface area contributed by atoms with Crippen LogP contribution < -0.4 is 10.4 Å². The van der Waals surface area contributed by atoms with Crippen LogP contribution in [0.3, 0.4) is 0 Å². The Morgan fingerprint density at radius 1 is 1.82 bits per heavy atom. The number of isocyanates is 1. The van der Waals surface area contributed by atoms with Gasteiger partial charge in [-0.25, -0.2) is 0 Å². The summed E-state index contributed by atoms with van der Waals surface area (Å²) in [6.45, 7) is 0. The SMILES string of the molecule is NC(=[N+]=C=O)c1cc(Cl)c[nH]1. The maximum absolute atomic E-state index is 9.76. The van der Waals surface area contributed by atoms with E-state index in [4.69, 9.17) is 17.3 Å². The van der Waals surface area contributed by atoms with E-state index in [1.165, 1.54) is 6.08 Å². The van der Waals surface area contributed by atoms with E-state index in [9.17, 15) is 4.79 Å². The van der Waals surface area contributed by atoms with E-state index in [1.54, 1.807) is 12.3 Å². The third kappa shape index (κ3) is 1.72. The Hall–Kier alpha value is -1.47. The molecular formula is C6H5ClN3O+. The lowest BCUT2D eigenvalue weighted by Crippen LogP contribution is -2.16. The van der Waals surface area contributed by atoms with E-state index in [-0.39, 0.29) is 5.84 Å². The molecule has 0 aromatic carbocycles. The van der Waals surface area contributed by atoms with E-state index in [0.29, 0.717) is 10.7 Å². The number of nitrogens with zero attached hydrogens (tertiary/aromatic N) is 1. The molecule has 4 nitrogen and oxygen atoms in total. The molecular weight excluding hydrogens is 166 g/mol. The molecule has 56 valence electrons. The molecule has 1 aromatic heterocycles. The van der Waals surface area contributed by atoms with E-state index in [2.05, 4.69) is 9.65 Å². The Balaban J connectivity index is 3.13. The molecule has 0 spiro atoms. The van der Waals surface area contributed by atoms with Crippen LogP contribution in [0.4, 0.5) is 0 Å². The number of halogens is 1. The summed E-state index contributed by atoms with van der Waals surface area (Å²) in [6.07, 6.45) is 2.87. The lowest BCUT2D eigenvalue weighted by molar-refractivity contribution is 0.564. The van der Waals surface area contributed by atoms with E-state index < -0.39 is 0 Å². The first kappa shape index (κ1) is 7.63. The van der Waals surface area contributed by atoms with Gasteiger partial charge in [0.1, 0.15) is 5.69 Å². The van der Waals surface area contributed by atoms with Gasteiger partial charge >= 0.3 is 11.9 Å². The van der Waals surface area contributed by atoms with Crippen molar-refractivity contribution in [3.63, 3.8) is 0 Å². The van der Waals surface area contributed by atoms with Gasteiger partial charge in [-0.1, -0.05) is 11.6 Å². The summed E-state index contributed by atoms with van der Waals surface area (Å²) in [6, 6.07) is 1.57. The van der Waals surface area contributed by atoms with Gasteiger partial charge in [0.05, 0.1) is 5.02 Å². The average molecular weight is 171 g/mol. The average Bonchev–Trinajstić information content (AvgIpc) is 2.36. The zero-order chi connectivity index (χ0) is 8.27. The van der Waals surface area contributed by atoms with Gasteiger partial charge in [-0.15, -0.1) is 4.67 Å². The number of nitrogens with one attached hydrogen (secondary N) is 1. The lowest BCUT2D eigenvalue weighted by Gasteiger charge is -1.77. The number of aromatic amines is 1. The van der Waals surface area contributed by atoms with E-state index in [1.807, 2.05) is 0 Å². The molecule has 1 rings (SSSR count). The van der Waals surface area contributed by atoms with Gasteiger partial charge in [0.25, 0.3) is 0 Å². The highest BCUT2D eigenvalue weighted by molar-refractivity contribution is 6.31. The number of H-pyrrole nitrogens is 1. The third-order valence-corrected chi connectivity index (χ3v) is 1.31. The highest BCUT2D eigenvalue weighted by Gasteiger charge is 2.07. The summed E-state index contributed by atoms with van der Waals surface area (Å²) in [5.41, 5.74) is 5.83. The van der Waals surface area contributed by atoms with Gasteiger partial charge in [0.15, 0.2) is 0 Å². The van der Waals surface area contributed by atoms with Crippen LogP contribution in [0.25, 0.3) is 0 Å². The number of amidine groups is 1. The number of carbonyl (C=O) groups excluding carboxylic acids is 1. The summed E-state index contributed by atoms with van der Waals surface area (Å²) in [5, 5.41) is 0.518. The Labute approximate surface area is 67.4 Å². The number of hydrogen-bond acceptors (Lipinski definition) is 1. The van der Waals surface area contributed by atoms with Crippen LogP contribution >= 0.6 is 11.6 Å². The fourth-order valence-corrected chi connectivity index (χ4v) is 0.789.